The molecule has 0 atom stereocenters. The molecule has 5 rings (SSSR count). The second-order valence-electron chi connectivity index (χ2n) is 8.52. The lowest BCUT2D eigenvalue weighted by atomic mass is 10.1. The Hall–Kier alpha value is -4.39. The van der Waals surface area contributed by atoms with Crippen LogP contribution >= 0.6 is 0 Å². The predicted molar refractivity (Wildman–Crippen MR) is 135 cm³/mol. The van der Waals surface area contributed by atoms with E-state index in [-0.39, 0.29) is 6.04 Å². The molecule has 0 unspecified atom stereocenters. The van der Waals surface area contributed by atoms with E-state index < -0.39 is 5.82 Å². The molecule has 0 saturated heterocycles. The summed E-state index contributed by atoms with van der Waals surface area (Å²) in [5, 5.41) is 0.820. The summed E-state index contributed by atoms with van der Waals surface area (Å²) < 4.78 is 28.0. The highest BCUT2D eigenvalue weighted by molar-refractivity contribution is 6.00. The Labute approximate surface area is 202 Å². The van der Waals surface area contributed by atoms with E-state index in [9.17, 15) is 4.39 Å². The summed E-state index contributed by atoms with van der Waals surface area (Å²) in [6, 6.07) is 21.8. The van der Waals surface area contributed by atoms with Crippen LogP contribution < -0.4 is 15.2 Å². The molecule has 6 nitrogen and oxygen atoms in total. The van der Waals surface area contributed by atoms with Crippen LogP contribution in [0.4, 0.5) is 10.2 Å². The van der Waals surface area contributed by atoms with Gasteiger partial charge in [0.25, 0.3) is 0 Å². The van der Waals surface area contributed by atoms with Crippen LogP contribution in [0, 0.1) is 5.82 Å². The van der Waals surface area contributed by atoms with Crippen LogP contribution in [0.5, 0.6) is 17.2 Å². The molecule has 0 saturated carbocycles. The number of aromatic nitrogens is 3. The van der Waals surface area contributed by atoms with Crippen LogP contribution in [-0.4, -0.2) is 14.5 Å². The van der Waals surface area contributed by atoms with Gasteiger partial charge in [-0.1, -0.05) is 42.5 Å². The van der Waals surface area contributed by atoms with Crippen LogP contribution in [0.25, 0.3) is 22.2 Å². The summed E-state index contributed by atoms with van der Waals surface area (Å²) in [5.41, 5.74) is 9.89. The number of halogens is 1. The zero-order chi connectivity index (χ0) is 24.4. The Bertz CT molecular complexity index is 1460. The third-order valence-corrected chi connectivity index (χ3v) is 5.69. The lowest BCUT2D eigenvalue weighted by Gasteiger charge is -2.11. The summed E-state index contributed by atoms with van der Waals surface area (Å²) >= 11 is 0. The maximum Gasteiger partial charge on any atom is 0.146 e. The summed E-state index contributed by atoms with van der Waals surface area (Å²) in [7, 11) is 0. The van der Waals surface area contributed by atoms with Crippen LogP contribution in [0.15, 0.2) is 85.3 Å². The minimum Gasteiger partial charge on any atom is -0.489 e. The van der Waals surface area contributed by atoms with Crippen molar-refractivity contribution in [1.29, 1.82) is 0 Å². The van der Waals surface area contributed by atoms with E-state index in [4.69, 9.17) is 15.2 Å². The van der Waals surface area contributed by atoms with Crippen molar-refractivity contribution < 1.29 is 13.9 Å². The van der Waals surface area contributed by atoms with Crippen molar-refractivity contribution in [2.75, 3.05) is 5.73 Å². The van der Waals surface area contributed by atoms with Gasteiger partial charge in [0.15, 0.2) is 0 Å². The number of nitrogens with two attached hydrogens (primary N) is 1. The number of rotatable bonds is 7. The van der Waals surface area contributed by atoms with Crippen molar-refractivity contribution >= 4 is 16.9 Å². The highest BCUT2D eigenvalue weighted by Gasteiger charge is 2.16. The van der Waals surface area contributed by atoms with Gasteiger partial charge in [-0.05, 0) is 37.1 Å². The number of hydrogen-bond donors (Lipinski definition) is 1. The SMILES string of the molecule is CC(C)n1cc(-c2ccc(Oc3cc(F)cc(OCc4ccccc4)c3)cc2)c2c(N)ncnc21. The average molecular weight is 469 g/mol. The van der Waals surface area contributed by atoms with Gasteiger partial charge in [0.05, 0.1) is 5.39 Å². The Morgan fingerprint density at radius 3 is 2.40 bits per heavy atom. The van der Waals surface area contributed by atoms with Crippen molar-refractivity contribution in [3.05, 3.63) is 96.7 Å². The number of hydrogen-bond acceptors (Lipinski definition) is 5. The quantitative estimate of drug-likeness (QED) is 0.285. The summed E-state index contributed by atoms with van der Waals surface area (Å²) in [6.07, 6.45) is 3.52. The van der Waals surface area contributed by atoms with Gasteiger partial charge in [-0.2, -0.15) is 0 Å². The lowest BCUT2D eigenvalue weighted by molar-refractivity contribution is 0.303. The summed E-state index contributed by atoms with van der Waals surface area (Å²) in [6.45, 7) is 4.53. The Morgan fingerprint density at radius 1 is 0.914 bits per heavy atom. The summed E-state index contributed by atoms with van der Waals surface area (Å²) in [4.78, 5) is 8.61. The molecule has 0 spiro atoms. The Kier molecular flexibility index (Phi) is 6.06. The Morgan fingerprint density at radius 2 is 1.66 bits per heavy atom. The van der Waals surface area contributed by atoms with E-state index >= 15 is 0 Å². The number of ether oxygens (including phenoxy) is 2. The number of fused-ring (bicyclic) bond motifs is 1. The zero-order valence-electron chi connectivity index (χ0n) is 19.5. The van der Waals surface area contributed by atoms with Gasteiger partial charge in [0.2, 0.25) is 0 Å². The maximum absolute atomic E-state index is 14.2. The van der Waals surface area contributed by atoms with Gasteiger partial charge < -0.3 is 19.8 Å². The number of benzene rings is 3. The fourth-order valence-corrected chi connectivity index (χ4v) is 3.98. The lowest BCUT2D eigenvalue weighted by Crippen LogP contribution is -2.00. The molecule has 0 bridgehead atoms. The van der Waals surface area contributed by atoms with Crippen LogP contribution in [0.1, 0.15) is 25.5 Å². The first-order chi connectivity index (χ1) is 17.0. The third-order valence-electron chi connectivity index (χ3n) is 5.69. The molecule has 0 fully saturated rings. The minimum atomic E-state index is -0.431. The van der Waals surface area contributed by atoms with Gasteiger partial charge in [-0.25, -0.2) is 14.4 Å². The molecule has 2 N–H and O–H groups in total. The average Bonchev–Trinajstić information content (AvgIpc) is 3.25. The van der Waals surface area contributed by atoms with Crippen molar-refractivity contribution in [2.45, 2.75) is 26.5 Å². The first-order valence-electron chi connectivity index (χ1n) is 11.3. The normalized spacial score (nSPS) is 11.2. The number of nitrogens with zero attached hydrogens (tertiary/aromatic N) is 3. The van der Waals surface area contributed by atoms with Crippen molar-refractivity contribution in [2.24, 2.45) is 0 Å². The van der Waals surface area contributed by atoms with Crippen LogP contribution in [-0.2, 0) is 6.61 Å². The molecule has 176 valence electrons. The van der Waals surface area contributed by atoms with Crippen molar-refractivity contribution in [3.8, 4) is 28.4 Å². The monoisotopic (exact) mass is 468 g/mol. The largest absolute Gasteiger partial charge is 0.489 e. The molecular weight excluding hydrogens is 443 g/mol. The van der Waals surface area contributed by atoms with Crippen LogP contribution in [0.2, 0.25) is 0 Å². The second kappa shape index (κ2) is 9.46. The van der Waals surface area contributed by atoms with Gasteiger partial charge in [0.1, 0.15) is 47.5 Å². The fraction of sp³-hybridized carbons (Fsp3) is 0.143. The van der Waals surface area contributed by atoms with E-state index in [1.807, 2.05) is 60.8 Å². The molecule has 0 aliphatic heterocycles. The smallest absolute Gasteiger partial charge is 0.146 e. The molecule has 0 aliphatic rings. The van der Waals surface area contributed by atoms with E-state index in [1.165, 1.54) is 18.5 Å². The van der Waals surface area contributed by atoms with E-state index in [0.29, 0.717) is 29.7 Å². The second-order valence-corrected chi connectivity index (χ2v) is 8.52. The topological polar surface area (TPSA) is 75.2 Å². The maximum atomic E-state index is 14.2. The Balaban J connectivity index is 1.37. The van der Waals surface area contributed by atoms with Crippen molar-refractivity contribution in [1.82, 2.24) is 14.5 Å². The first kappa shape index (κ1) is 22.4. The third kappa shape index (κ3) is 4.80. The minimum absolute atomic E-state index is 0.217. The highest BCUT2D eigenvalue weighted by atomic mass is 19.1. The molecule has 7 heteroatoms. The van der Waals surface area contributed by atoms with E-state index in [1.54, 1.807) is 6.07 Å². The fourth-order valence-electron chi connectivity index (χ4n) is 3.98. The molecule has 2 aromatic heterocycles. The van der Waals surface area contributed by atoms with Crippen LogP contribution in [0.3, 0.4) is 0 Å². The molecule has 0 amide bonds. The molecule has 0 radical (unpaired) electrons. The molecule has 2 heterocycles. The molecule has 35 heavy (non-hydrogen) atoms. The van der Waals surface area contributed by atoms with Gasteiger partial charge >= 0.3 is 0 Å². The molecule has 5 aromatic rings. The predicted octanol–water partition coefficient (Wildman–Crippen LogP) is 6.77. The van der Waals surface area contributed by atoms with Gasteiger partial charge in [0, 0.05) is 36.0 Å². The summed E-state index contributed by atoms with van der Waals surface area (Å²) in [5.74, 6) is 1.34. The van der Waals surface area contributed by atoms with Crippen molar-refractivity contribution in [3.63, 3.8) is 0 Å². The number of nitrogen functional groups attached to an aromatic ring is 1. The highest BCUT2D eigenvalue weighted by Crippen LogP contribution is 2.35. The van der Waals surface area contributed by atoms with E-state index in [2.05, 4.69) is 28.4 Å². The molecule has 3 aromatic carbocycles. The number of anilines is 1. The van der Waals surface area contributed by atoms with Gasteiger partial charge in [-0.3, -0.25) is 0 Å². The van der Waals surface area contributed by atoms with E-state index in [0.717, 1.165) is 27.7 Å². The van der Waals surface area contributed by atoms with Gasteiger partial charge in [-0.15, -0.1) is 0 Å². The zero-order valence-corrected chi connectivity index (χ0v) is 19.5. The first-order valence-corrected chi connectivity index (χ1v) is 11.3. The standard InChI is InChI=1S/C28H25FN4O2/c1-18(2)33-15-25(26-27(30)31-17-32-28(26)33)20-8-10-22(11-9-20)35-24-13-21(29)12-23(14-24)34-16-19-6-4-3-5-7-19/h3-15,17-18H,16H2,1-2H3,(H2,30,31,32). The molecular formula is C28H25FN4O2. The molecule has 0 aliphatic carbocycles.